The van der Waals surface area contributed by atoms with E-state index in [1.807, 2.05) is 66.9 Å². The maximum absolute atomic E-state index is 12.0. The lowest BCUT2D eigenvalue weighted by molar-refractivity contribution is -0.125. The third-order valence-electron chi connectivity index (χ3n) is 5.53. The van der Waals surface area contributed by atoms with Gasteiger partial charge in [-0.3, -0.25) is 4.79 Å². The molecule has 1 saturated heterocycles. The van der Waals surface area contributed by atoms with Crippen LogP contribution in [0.5, 0.6) is 23.1 Å². The molecule has 1 atom stereocenters. The molecule has 0 N–H and O–H groups in total. The van der Waals surface area contributed by atoms with E-state index in [4.69, 9.17) is 9.47 Å². The van der Waals surface area contributed by atoms with Crippen LogP contribution in [0, 0.1) is 0 Å². The second-order valence-electron chi connectivity index (χ2n) is 7.56. The Morgan fingerprint density at radius 2 is 1.69 bits per heavy atom. The number of rotatable bonds is 6. The second kappa shape index (κ2) is 8.55. The summed E-state index contributed by atoms with van der Waals surface area (Å²) in [6.45, 7) is 4.90. The lowest BCUT2D eigenvalue weighted by Crippen LogP contribution is -2.27. The zero-order valence-corrected chi connectivity index (χ0v) is 17.4. The van der Waals surface area contributed by atoms with Crippen LogP contribution in [0.3, 0.4) is 0 Å². The molecule has 2 aromatic heterocycles. The number of carbonyl (C=O) groups is 1. The number of benzene rings is 2. The van der Waals surface area contributed by atoms with Crippen molar-refractivity contribution in [2.24, 2.45) is 0 Å². The zero-order chi connectivity index (χ0) is 21.9. The van der Waals surface area contributed by atoms with Crippen LogP contribution in [0.4, 0.5) is 0 Å². The van der Waals surface area contributed by atoms with Gasteiger partial charge in [0, 0.05) is 19.3 Å². The molecule has 0 aliphatic carbocycles. The average molecular weight is 426 g/mol. The molecule has 3 heterocycles. The minimum absolute atomic E-state index is 0.0468. The molecule has 2 aromatic carbocycles. The normalized spacial score (nSPS) is 15.6. The SMILES string of the molecule is C=CC(=O)N1CC[C@@H](n2ccc3ncnc(Oc4ccc(Oc5ccccc5)cc4)c32)C1. The van der Waals surface area contributed by atoms with Crippen molar-refractivity contribution in [3.05, 3.63) is 85.8 Å². The first-order valence-electron chi connectivity index (χ1n) is 10.4. The predicted molar refractivity (Wildman–Crippen MR) is 121 cm³/mol. The van der Waals surface area contributed by atoms with E-state index in [0.717, 1.165) is 29.0 Å². The van der Waals surface area contributed by atoms with Crippen LogP contribution < -0.4 is 9.47 Å². The Hall–Kier alpha value is -4.13. The Kier molecular flexibility index (Phi) is 5.29. The predicted octanol–water partition coefficient (Wildman–Crippen LogP) is 4.98. The summed E-state index contributed by atoms with van der Waals surface area (Å²) >= 11 is 0. The van der Waals surface area contributed by atoms with Crippen molar-refractivity contribution in [1.29, 1.82) is 0 Å². The van der Waals surface area contributed by atoms with E-state index >= 15 is 0 Å². The number of likely N-dealkylation sites (tertiary alicyclic amines) is 1. The summed E-state index contributed by atoms with van der Waals surface area (Å²) in [5.41, 5.74) is 1.61. The van der Waals surface area contributed by atoms with Crippen molar-refractivity contribution >= 4 is 16.9 Å². The number of hydrogen-bond acceptors (Lipinski definition) is 5. The van der Waals surface area contributed by atoms with Crippen molar-refractivity contribution in [3.63, 3.8) is 0 Å². The number of ether oxygens (including phenoxy) is 2. The maximum Gasteiger partial charge on any atom is 0.247 e. The first-order valence-corrected chi connectivity index (χ1v) is 10.4. The number of aromatic nitrogens is 3. The molecule has 7 nitrogen and oxygen atoms in total. The van der Waals surface area contributed by atoms with E-state index in [1.165, 1.54) is 12.4 Å². The highest BCUT2D eigenvalue weighted by Gasteiger charge is 2.28. The fourth-order valence-corrected chi connectivity index (χ4v) is 3.95. The van der Waals surface area contributed by atoms with Gasteiger partial charge in [-0.1, -0.05) is 24.8 Å². The first-order chi connectivity index (χ1) is 15.7. The van der Waals surface area contributed by atoms with Gasteiger partial charge in [0.05, 0.1) is 11.6 Å². The summed E-state index contributed by atoms with van der Waals surface area (Å²) in [5.74, 6) is 2.57. The summed E-state index contributed by atoms with van der Waals surface area (Å²) in [6.07, 6.45) is 5.69. The highest BCUT2D eigenvalue weighted by Crippen LogP contribution is 2.33. The minimum Gasteiger partial charge on any atom is -0.457 e. The largest absolute Gasteiger partial charge is 0.457 e. The Morgan fingerprint density at radius 3 is 2.44 bits per heavy atom. The summed E-state index contributed by atoms with van der Waals surface area (Å²) < 4.78 is 14.1. The average Bonchev–Trinajstić information content (AvgIpc) is 3.48. The van der Waals surface area contributed by atoms with Crippen LogP contribution in [0.1, 0.15) is 12.5 Å². The number of nitrogens with zero attached hydrogens (tertiary/aromatic N) is 4. The highest BCUT2D eigenvalue weighted by atomic mass is 16.5. The van der Waals surface area contributed by atoms with Crippen molar-refractivity contribution in [3.8, 4) is 23.1 Å². The third-order valence-corrected chi connectivity index (χ3v) is 5.53. The summed E-state index contributed by atoms with van der Waals surface area (Å²) in [6, 6.07) is 19.1. The molecule has 1 aliphatic heterocycles. The molecule has 1 aliphatic rings. The van der Waals surface area contributed by atoms with Gasteiger partial charge in [-0.2, -0.15) is 4.98 Å². The molecule has 0 bridgehead atoms. The number of carbonyl (C=O) groups excluding carboxylic acids is 1. The molecule has 5 rings (SSSR count). The lowest BCUT2D eigenvalue weighted by Gasteiger charge is -2.17. The van der Waals surface area contributed by atoms with E-state index in [0.29, 0.717) is 24.7 Å². The molecule has 0 radical (unpaired) electrons. The number of amides is 1. The van der Waals surface area contributed by atoms with Gasteiger partial charge < -0.3 is 18.9 Å². The Bertz CT molecular complexity index is 1250. The Morgan fingerprint density at radius 1 is 0.969 bits per heavy atom. The first kappa shape index (κ1) is 19.8. The van der Waals surface area contributed by atoms with Crippen LogP contribution in [-0.4, -0.2) is 38.4 Å². The van der Waals surface area contributed by atoms with Crippen molar-refractivity contribution in [2.75, 3.05) is 13.1 Å². The summed E-state index contributed by atoms with van der Waals surface area (Å²) in [4.78, 5) is 22.6. The quantitative estimate of drug-likeness (QED) is 0.407. The van der Waals surface area contributed by atoms with Crippen LogP contribution in [0.25, 0.3) is 11.0 Å². The van der Waals surface area contributed by atoms with Gasteiger partial charge in [-0.25, -0.2) is 4.98 Å². The van der Waals surface area contributed by atoms with Gasteiger partial charge in [0.15, 0.2) is 0 Å². The van der Waals surface area contributed by atoms with E-state index < -0.39 is 0 Å². The van der Waals surface area contributed by atoms with Gasteiger partial charge >= 0.3 is 0 Å². The van der Waals surface area contributed by atoms with Gasteiger partial charge in [0.2, 0.25) is 11.8 Å². The lowest BCUT2D eigenvalue weighted by atomic mass is 10.2. The van der Waals surface area contributed by atoms with E-state index in [9.17, 15) is 4.79 Å². The second-order valence-corrected chi connectivity index (χ2v) is 7.56. The minimum atomic E-state index is -0.0468. The van der Waals surface area contributed by atoms with Gasteiger partial charge in [-0.05, 0) is 55.0 Å². The molecule has 1 amide bonds. The van der Waals surface area contributed by atoms with Crippen LogP contribution in [0.15, 0.2) is 85.8 Å². The Labute approximate surface area is 185 Å². The molecular formula is C25H22N4O3. The molecule has 32 heavy (non-hydrogen) atoms. The van der Waals surface area contributed by atoms with E-state index in [1.54, 1.807) is 4.90 Å². The molecule has 0 unspecified atom stereocenters. The van der Waals surface area contributed by atoms with Crippen LogP contribution >= 0.6 is 0 Å². The number of para-hydroxylation sites is 1. The van der Waals surface area contributed by atoms with E-state index in [2.05, 4.69) is 21.1 Å². The fourth-order valence-electron chi connectivity index (χ4n) is 3.95. The molecule has 4 aromatic rings. The zero-order valence-electron chi connectivity index (χ0n) is 17.4. The van der Waals surface area contributed by atoms with Gasteiger partial charge in [0.1, 0.15) is 29.1 Å². The monoisotopic (exact) mass is 426 g/mol. The summed E-state index contributed by atoms with van der Waals surface area (Å²) in [5, 5.41) is 0. The van der Waals surface area contributed by atoms with Crippen molar-refractivity contribution in [2.45, 2.75) is 12.5 Å². The van der Waals surface area contributed by atoms with Gasteiger partial charge in [0.25, 0.3) is 0 Å². The third kappa shape index (κ3) is 3.92. The fraction of sp³-hybridized carbons (Fsp3) is 0.160. The number of hydrogen-bond donors (Lipinski definition) is 0. The molecule has 7 heteroatoms. The standard InChI is InChI=1S/C25H22N4O3/c1-2-23(30)28-14-12-18(16-28)29-15-13-22-24(29)25(27-17-26-22)32-21-10-8-20(9-11-21)31-19-6-4-3-5-7-19/h2-11,13,15,17-18H,1,12,14,16H2/t18-/m1/s1. The van der Waals surface area contributed by atoms with E-state index in [-0.39, 0.29) is 11.9 Å². The van der Waals surface area contributed by atoms with Crippen molar-refractivity contribution in [1.82, 2.24) is 19.4 Å². The molecule has 0 saturated carbocycles. The van der Waals surface area contributed by atoms with Crippen molar-refractivity contribution < 1.29 is 14.3 Å². The van der Waals surface area contributed by atoms with Gasteiger partial charge in [-0.15, -0.1) is 0 Å². The van der Waals surface area contributed by atoms with Crippen LogP contribution in [-0.2, 0) is 4.79 Å². The maximum atomic E-state index is 12.0. The Balaban J connectivity index is 1.37. The smallest absolute Gasteiger partial charge is 0.247 e. The summed E-state index contributed by atoms with van der Waals surface area (Å²) in [7, 11) is 0. The molecule has 0 spiro atoms. The van der Waals surface area contributed by atoms with Crippen LogP contribution in [0.2, 0.25) is 0 Å². The highest BCUT2D eigenvalue weighted by molar-refractivity contribution is 5.87. The topological polar surface area (TPSA) is 69.5 Å². The molecule has 1 fully saturated rings. The molecule has 160 valence electrons. The molecular weight excluding hydrogens is 404 g/mol. The number of fused-ring (bicyclic) bond motifs is 1.